The molecule has 2 heteroatoms. The fourth-order valence-electron chi connectivity index (χ4n) is 3.84. The molecule has 0 unspecified atom stereocenters. The average Bonchev–Trinajstić information content (AvgIpc) is 2.44. The van der Waals surface area contributed by atoms with Gasteiger partial charge in [-0.05, 0) is 79.7 Å². The molecule has 0 bridgehead atoms. The third-order valence-electron chi connectivity index (χ3n) is 5.40. The van der Waals surface area contributed by atoms with E-state index in [0.29, 0.717) is 10.8 Å². The van der Waals surface area contributed by atoms with Gasteiger partial charge >= 0.3 is 0 Å². The highest BCUT2D eigenvalue weighted by Crippen LogP contribution is 2.47. The van der Waals surface area contributed by atoms with Gasteiger partial charge in [-0.3, -0.25) is 0 Å². The molecule has 21 heavy (non-hydrogen) atoms. The van der Waals surface area contributed by atoms with Gasteiger partial charge in [0, 0.05) is 6.54 Å². The van der Waals surface area contributed by atoms with Crippen LogP contribution in [0.5, 0.6) is 0 Å². The molecular formula is C19H39NS. The third-order valence-corrected chi connectivity index (χ3v) is 6.38. The lowest BCUT2D eigenvalue weighted by Crippen LogP contribution is -2.40. The van der Waals surface area contributed by atoms with Gasteiger partial charge in [-0.15, -0.1) is 0 Å². The lowest BCUT2D eigenvalue weighted by atomic mass is 9.62. The predicted octanol–water partition coefficient (Wildman–Crippen LogP) is 5.74. The van der Waals surface area contributed by atoms with Crippen LogP contribution < -0.4 is 5.32 Å². The van der Waals surface area contributed by atoms with Crippen molar-refractivity contribution in [3.8, 4) is 0 Å². The second-order valence-electron chi connectivity index (χ2n) is 8.12. The van der Waals surface area contributed by atoms with Crippen molar-refractivity contribution in [2.24, 2.45) is 16.7 Å². The minimum Gasteiger partial charge on any atom is -0.316 e. The van der Waals surface area contributed by atoms with Gasteiger partial charge in [-0.2, -0.15) is 11.8 Å². The molecule has 0 heterocycles. The van der Waals surface area contributed by atoms with Crippen LogP contribution in [0.1, 0.15) is 79.6 Å². The van der Waals surface area contributed by atoms with E-state index in [-0.39, 0.29) is 0 Å². The van der Waals surface area contributed by atoms with Crippen LogP contribution in [0.3, 0.4) is 0 Å². The van der Waals surface area contributed by atoms with Crippen molar-refractivity contribution in [1.29, 1.82) is 0 Å². The standard InChI is InChI=1S/C19H39NS/c1-6-14-20-16-19(11-8-15-21-7-2)12-9-17(10-13-19)18(3,4)5/h17,20H,6-16H2,1-5H3. The summed E-state index contributed by atoms with van der Waals surface area (Å²) in [5.41, 5.74) is 1.10. The Morgan fingerprint density at radius 3 is 2.33 bits per heavy atom. The Kier molecular flexibility index (Phi) is 8.71. The fourth-order valence-corrected chi connectivity index (χ4v) is 4.47. The molecule has 0 amide bonds. The minimum absolute atomic E-state index is 0.501. The summed E-state index contributed by atoms with van der Waals surface area (Å²) in [6.45, 7) is 14.3. The molecular weight excluding hydrogens is 274 g/mol. The number of hydrogen-bond donors (Lipinski definition) is 1. The molecule has 1 nitrogen and oxygen atoms in total. The van der Waals surface area contributed by atoms with Crippen molar-refractivity contribution in [3.63, 3.8) is 0 Å². The highest BCUT2D eigenvalue weighted by atomic mass is 32.2. The first-order chi connectivity index (χ1) is 9.93. The van der Waals surface area contributed by atoms with E-state index < -0.39 is 0 Å². The summed E-state index contributed by atoms with van der Waals surface area (Å²) >= 11 is 2.11. The molecule has 1 N–H and O–H groups in total. The Hall–Kier alpha value is 0.310. The molecule has 0 aromatic heterocycles. The van der Waals surface area contributed by atoms with Crippen molar-refractivity contribution in [2.75, 3.05) is 24.6 Å². The molecule has 0 aliphatic heterocycles. The molecule has 0 spiro atoms. The smallest absolute Gasteiger partial charge is 0.000781 e. The van der Waals surface area contributed by atoms with Crippen LogP contribution >= 0.6 is 11.8 Å². The molecule has 1 fully saturated rings. The van der Waals surface area contributed by atoms with Crippen LogP contribution in [0.25, 0.3) is 0 Å². The number of rotatable bonds is 9. The first kappa shape index (κ1) is 19.4. The Morgan fingerprint density at radius 2 is 1.81 bits per heavy atom. The quantitative estimate of drug-likeness (QED) is 0.545. The van der Waals surface area contributed by atoms with Crippen LogP contribution in [0.4, 0.5) is 0 Å². The van der Waals surface area contributed by atoms with Gasteiger partial charge in [-0.1, -0.05) is 34.6 Å². The van der Waals surface area contributed by atoms with E-state index in [1.807, 2.05) is 0 Å². The Labute approximate surface area is 138 Å². The Bertz CT molecular complexity index is 261. The van der Waals surface area contributed by atoms with Crippen molar-refractivity contribution in [3.05, 3.63) is 0 Å². The molecule has 1 rings (SSSR count). The second-order valence-corrected chi connectivity index (χ2v) is 9.51. The van der Waals surface area contributed by atoms with Gasteiger partial charge in [0.15, 0.2) is 0 Å². The van der Waals surface area contributed by atoms with E-state index >= 15 is 0 Å². The van der Waals surface area contributed by atoms with Crippen LogP contribution in [-0.2, 0) is 0 Å². The zero-order valence-corrected chi connectivity index (χ0v) is 16.1. The van der Waals surface area contributed by atoms with Crippen LogP contribution in [0.2, 0.25) is 0 Å². The highest BCUT2D eigenvalue weighted by Gasteiger charge is 2.37. The summed E-state index contributed by atoms with van der Waals surface area (Å²) in [5.74, 6) is 3.56. The van der Waals surface area contributed by atoms with Gasteiger partial charge < -0.3 is 5.32 Å². The highest BCUT2D eigenvalue weighted by molar-refractivity contribution is 7.99. The van der Waals surface area contributed by atoms with E-state index in [1.165, 1.54) is 69.5 Å². The molecule has 0 radical (unpaired) electrons. The first-order valence-electron chi connectivity index (χ1n) is 9.22. The summed E-state index contributed by atoms with van der Waals surface area (Å²) in [6, 6.07) is 0. The van der Waals surface area contributed by atoms with Crippen LogP contribution in [0, 0.1) is 16.7 Å². The zero-order chi connectivity index (χ0) is 15.8. The summed E-state index contributed by atoms with van der Waals surface area (Å²) in [6.07, 6.45) is 9.88. The zero-order valence-electron chi connectivity index (χ0n) is 15.3. The molecule has 126 valence electrons. The maximum absolute atomic E-state index is 3.73. The van der Waals surface area contributed by atoms with E-state index in [0.717, 1.165) is 5.92 Å². The van der Waals surface area contributed by atoms with Crippen molar-refractivity contribution in [2.45, 2.75) is 79.6 Å². The van der Waals surface area contributed by atoms with Gasteiger partial charge in [0.2, 0.25) is 0 Å². The first-order valence-corrected chi connectivity index (χ1v) is 10.4. The molecule has 0 atom stereocenters. The van der Waals surface area contributed by atoms with Crippen molar-refractivity contribution >= 4 is 11.8 Å². The summed E-state index contributed by atoms with van der Waals surface area (Å²) < 4.78 is 0. The number of hydrogen-bond acceptors (Lipinski definition) is 2. The molecule has 0 aromatic rings. The molecule has 0 saturated heterocycles. The second kappa shape index (κ2) is 9.45. The number of nitrogens with one attached hydrogen (secondary N) is 1. The molecule has 0 aromatic carbocycles. The molecule has 1 saturated carbocycles. The summed E-state index contributed by atoms with van der Waals surface area (Å²) in [7, 11) is 0. The third kappa shape index (κ3) is 6.95. The Morgan fingerprint density at radius 1 is 1.14 bits per heavy atom. The summed E-state index contributed by atoms with van der Waals surface area (Å²) in [4.78, 5) is 0. The van der Waals surface area contributed by atoms with E-state index in [4.69, 9.17) is 0 Å². The minimum atomic E-state index is 0.501. The molecule has 1 aliphatic rings. The summed E-state index contributed by atoms with van der Waals surface area (Å²) in [5, 5.41) is 3.73. The maximum Gasteiger partial charge on any atom is 0.000781 e. The van der Waals surface area contributed by atoms with Crippen LogP contribution in [0.15, 0.2) is 0 Å². The van der Waals surface area contributed by atoms with Gasteiger partial charge in [0.25, 0.3) is 0 Å². The van der Waals surface area contributed by atoms with Crippen LogP contribution in [-0.4, -0.2) is 24.6 Å². The SMILES string of the molecule is CCCNCC1(CCCSCC)CCC(C(C)(C)C)CC1. The number of thioether (sulfide) groups is 1. The average molecular weight is 314 g/mol. The lowest BCUT2D eigenvalue weighted by molar-refractivity contribution is 0.0794. The normalized spacial score (nSPS) is 27.0. The maximum atomic E-state index is 3.73. The topological polar surface area (TPSA) is 12.0 Å². The fraction of sp³-hybridized carbons (Fsp3) is 1.00. The molecule has 1 aliphatic carbocycles. The van der Waals surface area contributed by atoms with Gasteiger partial charge in [-0.25, -0.2) is 0 Å². The van der Waals surface area contributed by atoms with Gasteiger partial charge in [0.05, 0.1) is 0 Å². The lowest BCUT2D eigenvalue weighted by Gasteiger charge is -2.44. The monoisotopic (exact) mass is 313 g/mol. The predicted molar refractivity (Wildman–Crippen MR) is 99.2 cm³/mol. The van der Waals surface area contributed by atoms with Crippen molar-refractivity contribution < 1.29 is 0 Å². The van der Waals surface area contributed by atoms with Gasteiger partial charge in [0.1, 0.15) is 0 Å². The van der Waals surface area contributed by atoms with E-state index in [1.54, 1.807) is 0 Å². The van der Waals surface area contributed by atoms with E-state index in [2.05, 4.69) is 51.7 Å². The largest absolute Gasteiger partial charge is 0.316 e. The van der Waals surface area contributed by atoms with Crippen molar-refractivity contribution in [1.82, 2.24) is 5.32 Å². The Balaban J connectivity index is 2.50. The van der Waals surface area contributed by atoms with E-state index in [9.17, 15) is 0 Å².